The number of aliphatic hydroxyl groups is 1. The molecule has 3 heteroatoms. The summed E-state index contributed by atoms with van der Waals surface area (Å²) in [5.74, 6) is -0.511. The molecule has 0 bridgehead atoms. The number of benzene rings is 1. The molecule has 1 aliphatic rings. The van der Waals surface area contributed by atoms with Crippen LogP contribution in [-0.2, 0) is 0 Å². The van der Waals surface area contributed by atoms with E-state index in [1.807, 2.05) is 6.08 Å². The van der Waals surface area contributed by atoms with Gasteiger partial charge in [-0.2, -0.15) is 0 Å². The first-order chi connectivity index (χ1) is 7.70. The highest BCUT2D eigenvalue weighted by molar-refractivity contribution is 6.30. The molecule has 0 spiro atoms. The van der Waals surface area contributed by atoms with Gasteiger partial charge in [-0.25, -0.2) is 4.39 Å². The second-order valence-electron chi connectivity index (χ2n) is 4.07. The largest absolute Gasteiger partial charge is 0.384 e. The average Bonchev–Trinajstić information content (AvgIpc) is 2.33. The SMILES string of the molecule is OC(C1=CCCCC1)c1cccc(Cl)c1F. The van der Waals surface area contributed by atoms with E-state index in [-0.39, 0.29) is 10.6 Å². The number of hydrogen-bond donors (Lipinski definition) is 1. The Morgan fingerprint density at radius 2 is 2.12 bits per heavy atom. The van der Waals surface area contributed by atoms with Crippen molar-refractivity contribution in [3.05, 3.63) is 46.3 Å². The van der Waals surface area contributed by atoms with Crippen molar-refractivity contribution in [2.24, 2.45) is 0 Å². The third kappa shape index (κ3) is 2.28. The van der Waals surface area contributed by atoms with Crippen LogP contribution in [0.3, 0.4) is 0 Å². The summed E-state index contributed by atoms with van der Waals surface area (Å²) in [6, 6.07) is 4.73. The van der Waals surface area contributed by atoms with Crippen molar-refractivity contribution in [3.63, 3.8) is 0 Å². The quantitative estimate of drug-likeness (QED) is 0.775. The average molecular weight is 241 g/mol. The molecule has 0 aliphatic heterocycles. The topological polar surface area (TPSA) is 20.2 Å². The fourth-order valence-corrected chi connectivity index (χ4v) is 2.22. The Kier molecular flexibility index (Phi) is 3.62. The van der Waals surface area contributed by atoms with E-state index in [1.54, 1.807) is 12.1 Å². The lowest BCUT2D eigenvalue weighted by molar-refractivity contribution is 0.203. The standard InChI is InChI=1S/C13H14ClFO/c14-11-8-4-7-10(12(11)15)13(16)9-5-2-1-3-6-9/h4-5,7-8,13,16H,1-3,6H2. The monoisotopic (exact) mass is 240 g/mol. The summed E-state index contributed by atoms with van der Waals surface area (Å²) in [6.45, 7) is 0. The van der Waals surface area contributed by atoms with Gasteiger partial charge in [-0.3, -0.25) is 0 Å². The van der Waals surface area contributed by atoms with E-state index in [2.05, 4.69) is 0 Å². The predicted molar refractivity (Wildman–Crippen MR) is 62.9 cm³/mol. The lowest BCUT2D eigenvalue weighted by Crippen LogP contribution is -2.07. The van der Waals surface area contributed by atoms with E-state index in [0.29, 0.717) is 0 Å². The molecule has 1 aromatic rings. The van der Waals surface area contributed by atoms with Crippen LogP contribution in [0.25, 0.3) is 0 Å². The van der Waals surface area contributed by atoms with Gasteiger partial charge in [0.25, 0.3) is 0 Å². The maximum absolute atomic E-state index is 13.7. The second-order valence-corrected chi connectivity index (χ2v) is 4.48. The molecule has 1 atom stereocenters. The third-order valence-electron chi connectivity index (χ3n) is 2.95. The highest BCUT2D eigenvalue weighted by Crippen LogP contribution is 2.32. The maximum atomic E-state index is 13.7. The van der Waals surface area contributed by atoms with Crippen LogP contribution >= 0.6 is 11.6 Å². The van der Waals surface area contributed by atoms with E-state index in [0.717, 1.165) is 31.3 Å². The minimum Gasteiger partial charge on any atom is -0.384 e. The summed E-state index contributed by atoms with van der Waals surface area (Å²) in [5.41, 5.74) is 1.19. The molecular weight excluding hydrogens is 227 g/mol. The molecule has 0 saturated carbocycles. The van der Waals surface area contributed by atoms with Crippen molar-refractivity contribution < 1.29 is 9.50 Å². The van der Waals surface area contributed by atoms with Gasteiger partial charge in [0.15, 0.2) is 0 Å². The summed E-state index contributed by atoms with van der Waals surface area (Å²) in [5, 5.41) is 10.1. The van der Waals surface area contributed by atoms with Gasteiger partial charge in [-0.1, -0.05) is 29.8 Å². The Morgan fingerprint density at radius 3 is 2.81 bits per heavy atom. The van der Waals surface area contributed by atoms with Crippen molar-refractivity contribution in [1.82, 2.24) is 0 Å². The molecule has 2 rings (SSSR count). The molecule has 0 aromatic heterocycles. The Hall–Kier alpha value is -0.860. The van der Waals surface area contributed by atoms with E-state index in [4.69, 9.17) is 11.6 Å². The molecule has 1 nitrogen and oxygen atoms in total. The van der Waals surface area contributed by atoms with Crippen molar-refractivity contribution in [1.29, 1.82) is 0 Å². The summed E-state index contributed by atoms with van der Waals surface area (Å²) in [7, 11) is 0. The first kappa shape index (κ1) is 11.6. The van der Waals surface area contributed by atoms with Gasteiger partial charge in [-0.15, -0.1) is 0 Å². The Bertz CT molecular complexity index is 414. The van der Waals surface area contributed by atoms with Crippen LogP contribution in [0.2, 0.25) is 5.02 Å². The van der Waals surface area contributed by atoms with E-state index in [9.17, 15) is 9.50 Å². The molecule has 0 radical (unpaired) electrons. The Balaban J connectivity index is 2.29. The van der Waals surface area contributed by atoms with E-state index >= 15 is 0 Å². The van der Waals surface area contributed by atoms with Gasteiger partial charge in [0.2, 0.25) is 0 Å². The van der Waals surface area contributed by atoms with Gasteiger partial charge in [-0.05, 0) is 37.3 Å². The van der Waals surface area contributed by atoms with Crippen LogP contribution in [0.5, 0.6) is 0 Å². The molecular formula is C13H14ClFO. The molecule has 16 heavy (non-hydrogen) atoms. The Labute approximate surface area is 99.6 Å². The fraction of sp³-hybridized carbons (Fsp3) is 0.385. The molecule has 1 unspecified atom stereocenters. The summed E-state index contributed by atoms with van der Waals surface area (Å²) in [4.78, 5) is 0. The van der Waals surface area contributed by atoms with E-state index < -0.39 is 11.9 Å². The van der Waals surface area contributed by atoms with E-state index in [1.165, 1.54) is 6.07 Å². The number of allylic oxidation sites excluding steroid dienone is 1. The highest BCUT2D eigenvalue weighted by Gasteiger charge is 2.19. The number of halogens is 2. The zero-order chi connectivity index (χ0) is 11.5. The number of rotatable bonds is 2. The first-order valence-electron chi connectivity index (χ1n) is 5.51. The first-order valence-corrected chi connectivity index (χ1v) is 5.89. The summed E-state index contributed by atoms with van der Waals surface area (Å²) < 4.78 is 13.7. The summed E-state index contributed by atoms with van der Waals surface area (Å²) in [6.07, 6.45) is 5.18. The minimum absolute atomic E-state index is 0.0629. The molecule has 86 valence electrons. The van der Waals surface area contributed by atoms with Crippen molar-refractivity contribution >= 4 is 11.6 Å². The van der Waals surface area contributed by atoms with Gasteiger partial charge >= 0.3 is 0 Å². The maximum Gasteiger partial charge on any atom is 0.147 e. The van der Waals surface area contributed by atoms with Crippen LogP contribution in [-0.4, -0.2) is 5.11 Å². The van der Waals surface area contributed by atoms with Gasteiger partial charge in [0, 0.05) is 5.56 Å². The normalized spacial score (nSPS) is 18.1. The lowest BCUT2D eigenvalue weighted by Gasteiger charge is -2.19. The van der Waals surface area contributed by atoms with Crippen LogP contribution in [0.4, 0.5) is 4.39 Å². The van der Waals surface area contributed by atoms with Crippen LogP contribution in [0, 0.1) is 5.82 Å². The highest BCUT2D eigenvalue weighted by atomic mass is 35.5. The predicted octanol–water partition coefficient (Wildman–Crippen LogP) is 4.01. The molecule has 0 saturated heterocycles. The zero-order valence-electron chi connectivity index (χ0n) is 8.92. The number of hydrogen-bond acceptors (Lipinski definition) is 1. The van der Waals surface area contributed by atoms with Crippen LogP contribution in [0.15, 0.2) is 29.8 Å². The summed E-state index contributed by atoms with van der Waals surface area (Å²) >= 11 is 5.69. The Morgan fingerprint density at radius 1 is 1.31 bits per heavy atom. The minimum atomic E-state index is -0.848. The molecule has 1 aromatic carbocycles. The lowest BCUT2D eigenvalue weighted by atomic mass is 9.91. The van der Waals surface area contributed by atoms with Gasteiger partial charge in [0.1, 0.15) is 11.9 Å². The smallest absolute Gasteiger partial charge is 0.147 e. The molecule has 0 heterocycles. The fourth-order valence-electron chi connectivity index (χ4n) is 2.04. The van der Waals surface area contributed by atoms with Crippen LogP contribution < -0.4 is 0 Å². The van der Waals surface area contributed by atoms with Crippen molar-refractivity contribution in [3.8, 4) is 0 Å². The zero-order valence-corrected chi connectivity index (χ0v) is 9.67. The molecule has 0 amide bonds. The van der Waals surface area contributed by atoms with Crippen molar-refractivity contribution in [2.45, 2.75) is 31.8 Å². The number of aliphatic hydroxyl groups excluding tert-OH is 1. The molecule has 1 aliphatic carbocycles. The third-order valence-corrected chi connectivity index (χ3v) is 3.25. The second kappa shape index (κ2) is 4.98. The van der Waals surface area contributed by atoms with Gasteiger partial charge < -0.3 is 5.11 Å². The molecule has 0 fully saturated rings. The van der Waals surface area contributed by atoms with Crippen LogP contribution in [0.1, 0.15) is 37.4 Å². The van der Waals surface area contributed by atoms with Crippen molar-refractivity contribution in [2.75, 3.05) is 0 Å². The van der Waals surface area contributed by atoms with Gasteiger partial charge in [0.05, 0.1) is 5.02 Å². The molecule has 1 N–H and O–H groups in total.